The van der Waals surface area contributed by atoms with Crippen LogP contribution in [0.25, 0.3) is 5.70 Å². The molecule has 0 fully saturated rings. The molecule has 31 heavy (non-hydrogen) atoms. The molecule has 0 saturated heterocycles. The van der Waals surface area contributed by atoms with E-state index < -0.39 is 0 Å². The lowest BCUT2D eigenvalue weighted by molar-refractivity contribution is 0.223. The van der Waals surface area contributed by atoms with Crippen LogP contribution in [0.5, 0.6) is 5.75 Å². The highest BCUT2D eigenvalue weighted by Crippen LogP contribution is 2.50. The number of rotatable bonds is 2. The van der Waals surface area contributed by atoms with E-state index in [1.807, 2.05) is 48.5 Å². The van der Waals surface area contributed by atoms with E-state index in [9.17, 15) is 4.39 Å². The maximum Gasteiger partial charge on any atom is 0.226 e. The van der Waals surface area contributed by atoms with Crippen LogP contribution in [0.4, 0.5) is 10.3 Å². The Labute approximate surface area is 182 Å². The molecule has 1 aromatic heterocycles. The van der Waals surface area contributed by atoms with E-state index in [1.54, 1.807) is 16.8 Å². The van der Waals surface area contributed by atoms with Gasteiger partial charge in [0.05, 0.1) is 5.70 Å². The Hall–Kier alpha value is -3.64. The summed E-state index contributed by atoms with van der Waals surface area (Å²) in [6.45, 7) is 0. The molecule has 0 amide bonds. The Morgan fingerprint density at radius 2 is 1.77 bits per heavy atom. The molecule has 0 unspecified atom stereocenters. The molecular formula is C24H16ClFN4O. The van der Waals surface area contributed by atoms with Crippen LogP contribution in [0.15, 0.2) is 84.7 Å². The van der Waals surface area contributed by atoms with E-state index in [2.05, 4.69) is 15.4 Å². The smallest absolute Gasteiger partial charge is 0.226 e. The molecule has 7 heteroatoms. The van der Waals surface area contributed by atoms with Crippen LogP contribution in [0.3, 0.4) is 0 Å². The zero-order chi connectivity index (χ0) is 20.9. The summed E-state index contributed by atoms with van der Waals surface area (Å²) in [5, 5.41) is 8.50. The number of nitrogens with zero attached hydrogens (tertiary/aromatic N) is 3. The van der Waals surface area contributed by atoms with Crippen LogP contribution in [0.1, 0.15) is 28.8 Å². The highest BCUT2D eigenvalue weighted by atomic mass is 35.5. The van der Waals surface area contributed by atoms with E-state index in [1.165, 1.54) is 18.5 Å². The number of hydrogen-bond donors (Lipinski definition) is 1. The van der Waals surface area contributed by atoms with Crippen molar-refractivity contribution in [3.05, 3.63) is 112 Å². The van der Waals surface area contributed by atoms with Crippen LogP contribution in [-0.2, 0) is 0 Å². The highest BCUT2D eigenvalue weighted by Gasteiger charge is 2.40. The zero-order valence-corrected chi connectivity index (χ0v) is 16.9. The molecular weight excluding hydrogens is 415 g/mol. The molecule has 1 N–H and O–H groups in total. The van der Waals surface area contributed by atoms with Crippen LogP contribution in [-0.4, -0.2) is 14.8 Å². The monoisotopic (exact) mass is 430 g/mol. The summed E-state index contributed by atoms with van der Waals surface area (Å²) >= 11 is 6.33. The molecule has 3 aromatic carbocycles. The van der Waals surface area contributed by atoms with Crippen molar-refractivity contribution in [1.82, 2.24) is 14.8 Å². The summed E-state index contributed by atoms with van der Waals surface area (Å²) in [5.41, 5.74) is 4.60. The van der Waals surface area contributed by atoms with Crippen molar-refractivity contribution in [2.75, 3.05) is 5.32 Å². The van der Waals surface area contributed by atoms with Gasteiger partial charge in [-0.2, -0.15) is 10.1 Å². The van der Waals surface area contributed by atoms with Gasteiger partial charge in [0, 0.05) is 16.2 Å². The fourth-order valence-corrected chi connectivity index (χ4v) is 4.48. The lowest BCUT2D eigenvalue weighted by Gasteiger charge is -2.39. The van der Waals surface area contributed by atoms with Crippen molar-refractivity contribution in [3.63, 3.8) is 0 Å². The Kier molecular flexibility index (Phi) is 4.07. The SMILES string of the molecule is Fc1ccc([C@H]2C3=C(Nc4ncnn42)c2cc(Cl)ccc2O[C@@H]3c2ccccc2)cc1. The molecule has 5 nitrogen and oxygen atoms in total. The average Bonchev–Trinajstić information content (AvgIpc) is 3.27. The normalized spacial score (nSPS) is 19.0. The topological polar surface area (TPSA) is 52.0 Å². The summed E-state index contributed by atoms with van der Waals surface area (Å²) in [5.74, 6) is 1.05. The van der Waals surface area contributed by atoms with Gasteiger partial charge in [-0.3, -0.25) is 0 Å². The fourth-order valence-electron chi connectivity index (χ4n) is 4.31. The summed E-state index contributed by atoms with van der Waals surface area (Å²) in [6, 6.07) is 21.7. The summed E-state index contributed by atoms with van der Waals surface area (Å²) < 4.78 is 22.0. The summed E-state index contributed by atoms with van der Waals surface area (Å²) in [7, 11) is 0. The van der Waals surface area contributed by atoms with Gasteiger partial charge in [-0.05, 0) is 41.5 Å². The van der Waals surface area contributed by atoms with Crippen molar-refractivity contribution in [2.24, 2.45) is 0 Å². The molecule has 0 radical (unpaired) electrons. The van der Waals surface area contributed by atoms with Gasteiger partial charge in [-0.1, -0.05) is 54.1 Å². The maximum absolute atomic E-state index is 13.7. The molecule has 0 spiro atoms. The first kappa shape index (κ1) is 18.2. The molecule has 0 saturated carbocycles. The van der Waals surface area contributed by atoms with Crippen molar-refractivity contribution in [2.45, 2.75) is 12.1 Å². The lowest BCUT2D eigenvalue weighted by Crippen LogP contribution is -2.32. The van der Waals surface area contributed by atoms with Crippen molar-refractivity contribution < 1.29 is 9.13 Å². The first-order valence-corrected chi connectivity index (χ1v) is 10.2. The third-order valence-electron chi connectivity index (χ3n) is 5.66. The number of halogens is 2. The average molecular weight is 431 g/mol. The number of nitrogens with one attached hydrogen (secondary N) is 1. The van der Waals surface area contributed by atoms with Gasteiger partial charge in [-0.25, -0.2) is 9.07 Å². The zero-order valence-electron chi connectivity index (χ0n) is 16.2. The Morgan fingerprint density at radius 3 is 2.58 bits per heavy atom. The highest BCUT2D eigenvalue weighted by molar-refractivity contribution is 6.30. The number of benzene rings is 3. The lowest BCUT2D eigenvalue weighted by atomic mass is 9.84. The predicted octanol–water partition coefficient (Wildman–Crippen LogP) is 5.63. The fraction of sp³-hybridized carbons (Fsp3) is 0.0833. The maximum atomic E-state index is 13.7. The van der Waals surface area contributed by atoms with Crippen molar-refractivity contribution >= 4 is 23.2 Å². The molecule has 2 aliphatic rings. The number of hydrogen-bond acceptors (Lipinski definition) is 4. The molecule has 152 valence electrons. The number of fused-ring (bicyclic) bond motifs is 3. The Balaban J connectivity index is 1.64. The van der Waals surface area contributed by atoms with Gasteiger partial charge >= 0.3 is 0 Å². The van der Waals surface area contributed by atoms with Crippen LogP contribution in [0.2, 0.25) is 5.02 Å². The second-order valence-corrected chi connectivity index (χ2v) is 7.92. The Morgan fingerprint density at radius 1 is 0.968 bits per heavy atom. The second-order valence-electron chi connectivity index (χ2n) is 7.49. The molecule has 3 heterocycles. The van der Waals surface area contributed by atoms with E-state index in [0.29, 0.717) is 11.0 Å². The largest absolute Gasteiger partial charge is 0.480 e. The third-order valence-corrected chi connectivity index (χ3v) is 5.90. The first-order chi connectivity index (χ1) is 15.2. The van der Waals surface area contributed by atoms with E-state index >= 15 is 0 Å². The number of ether oxygens (including phenoxy) is 1. The minimum Gasteiger partial charge on any atom is -0.480 e. The summed E-state index contributed by atoms with van der Waals surface area (Å²) in [6.07, 6.45) is 1.14. The molecule has 6 rings (SSSR count). The van der Waals surface area contributed by atoms with Crippen molar-refractivity contribution in [1.29, 1.82) is 0 Å². The summed E-state index contributed by atoms with van der Waals surface area (Å²) in [4.78, 5) is 4.39. The van der Waals surface area contributed by atoms with E-state index in [0.717, 1.165) is 33.7 Å². The minimum absolute atomic E-state index is 0.290. The second kappa shape index (κ2) is 6.96. The van der Waals surface area contributed by atoms with Gasteiger partial charge in [0.25, 0.3) is 0 Å². The molecule has 2 aliphatic heterocycles. The van der Waals surface area contributed by atoms with Gasteiger partial charge in [0.2, 0.25) is 5.95 Å². The van der Waals surface area contributed by atoms with Gasteiger partial charge in [-0.15, -0.1) is 0 Å². The van der Waals surface area contributed by atoms with Crippen molar-refractivity contribution in [3.8, 4) is 5.75 Å². The van der Waals surface area contributed by atoms with E-state index in [-0.39, 0.29) is 18.0 Å². The first-order valence-electron chi connectivity index (χ1n) is 9.86. The Bertz CT molecular complexity index is 1320. The molecule has 2 atom stereocenters. The standard InChI is InChI=1S/C24H16ClFN4O/c25-16-8-11-19-18(12-16)21-20(23(31-19)15-4-2-1-3-5-15)22(14-6-9-17(26)10-7-14)30-24(29-21)27-13-28-30/h1-13,22-23H,(H,27,28,29)/t22-,23+/m0/s1. The van der Waals surface area contributed by atoms with Crippen LogP contribution >= 0.6 is 11.6 Å². The predicted molar refractivity (Wildman–Crippen MR) is 116 cm³/mol. The van der Waals surface area contributed by atoms with Crippen LogP contribution in [0, 0.1) is 5.82 Å². The quantitative estimate of drug-likeness (QED) is 0.447. The number of anilines is 1. The molecule has 4 aromatic rings. The van der Waals surface area contributed by atoms with Gasteiger partial charge in [0.15, 0.2) is 0 Å². The van der Waals surface area contributed by atoms with E-state index in [4.69, 9.17) is 16.3 Å². The number of aromatic nitrogens is 3. The van der Waals surface area contributed by atoms with Gasteiger partial charge in [0.1, 0.15) is 30.0 Å². The minimum atomic E-state index is -0.371. The van der Waals surface area contributed by atoms with Crippen LogP contribution < -0.4 is 10.1 Å². The third kappa shape index (κ3) is 2.91. The molecule has 0 aliphatic carbocycles. The molecule has 0 bridgehead atoms. The van der Waals surface area contributed by atoms with Gasteiger partial charge < -0.3 is 10.1 Å².